The molecule has 2 heterocycles. The highest BCUT2D eigenvalue weighted by Gasteiger charge is 2.18. The Labute approximate surface area is 156 Å². The lowest BCUT2D eigenvalue weighted by molar-refractivity contribution is 0.0734. The first-order valence-electron chi connectivity index (χ1n) is 8.14. The van der Waals surface area contributed by atoms with Gasteiger partial charge in [-0.2, -0.15) is 0 Å². The quantitative estimate of drug-likeness (QED) is 0.632. The summed E-state index contributed by atoms with van der Waals surface area (Å²) in [5.41, 5.74) is 1.95. The van der Waals surface area contributed by atoms with Gasteiger partial charge in [0, 0.05) is 25.5 Å². The van der Waals surface area contributed by atoms with Gasteiger partial charge in [0.25, 0.3) is 5.91 Å². The van der Waals surface area contributed by atoms with Crippen molar-refractivity contribution in [1.29, 1.82) is 0 Å². The van der Waals surface area contributed by atoms with Gasteiger partial charge >= 0.3 is 0 Å². The van der Waals surface area contributed by atoms with Crippen molar-refractivity contribution < 1.29 is 14.3 Å². The van der Waals surface area contributed by atoms with Crippen LogP contribution in [-0.2, 0) is 13.1 Å². The average Bonchev–Trinajstić information content (AvgIpc) is 3.22. The SMILES string of the molecule is COc1ccc(CN(Cc2cccnc2)C(=O)c2cccs2)cc1OC. The number of rotatable bonds is 7. The first kappa shape index (κ1) is 17.9. The Hall–Kier alpha value is -2.86. The third-order valence-electron chi connectivity index (χ3n) is 3.94. The van der Waals surface area contributed by atoms with Crippen molar-refractivity contribution in [2.75, 3.05) is 14.2 Å². The van der Waals surface area contributed by atoms with E-state index < -0.39 is 0 Å². The van der Waals surface area contributed by atoms with E-state index in [2.05, 4.69) is 4.98 Å². The molecular weight excluding hydrogens is 348 g/mol. The summed E-state index contributed by atoms with van der Waals surface area (Å²) in [6.45, 7) is 0.949. The molecule has 3 rings (SSSR count). The van der Waals surface area contributed by atoms with Gasteiger partial charge < -0.3 is 14.4 Å². The number of amides is 1. The molecule has 0 aliphatic rings. The lowest BCUT2D eigenvalue weighted by Crippen LogP contribution is -2.29. The Morgan fingerprint density at radius 1 is 1.04 bits per heavy atom. The zero-order valence-electron chi connectivity index (χ0n) is 14.7. The Kier molecular flexibility index (Phi) is 5.86. The van der Waals surface area contributed by atoms with Crippen LogP contribution < -0.4 is 9.47 Å². The van der Waals surface area contributed by atoms with E-state index in [0.717, 1.165) is 16.0 Å². The molecule has 0 aliphatic carbocycles. The van der Waals surface area contributed by atoms with Crippen LogP contribution in [-0.4, -0.2) is 30.0 Å². The van der Waals surface area contributed by atoms with Crippen LogP contribution in [0.15, 0.2) is 60.2 Å². The van der Waals surface area contributed by atoms with Gasteiger partial charge in [0.15, 0.2) is 11.5 Å². The molecule has 0 bridgehead atoms. The lowest BCUT2D eigenvalue weighted by atomic mass is 10.1. The minimum Gasteiger partial charge on any atom is -0.493 e. The summed E-state index contributed by atoms with van der Waals surface area (Å²) in [5, 5.41) is 1.91. The maximum atomic E-state index is 13.0. The smallest absolute Gasteiger partial charge is 0.264 e. The average molecular weight is 368 g/mol. The molecular formula is C20H20N2O3S. The van der Waals surface area contributed by atoms with E-state index in [1.807, 2.05) is 52.7 Å². The van der Waals surface area contributed by atoms with Gasteiger partial charge in [0.2, 0.25) is 0 Å². The fourth-order valence-electron chi connectivity index (χ4n) is 2.67. The van der Waals surface area contributed by atoms with E-state index in [4.69, 9.17) is 9.47 Å². The number of carbonyl (C=O) groups is 1. The zero-order valence-corrected chi connectivity index (χ0v) is 15.5. The summed E-state index contributed by atoms with van der Waals surface area (Å²) in [4.78, 5) is 19.6. The molecule has 0 radical (unpaired) electrons. The lowest BCUT2D eigenvalue weighted by Gasteiger charge is -2.23. The number of thiophene rings is 1. The molecule has 0 saturated heterocycles. The molecule has 5 nitrogen and oxygen atoms in total. The Morgan fingerprint density at radius 2 is 1.85 bits per heavy atom. The molecule has 1 aromatic carbocycles. The second-order valence-corrected chi connectivity index (χ2v) is 6.64. The molecule has 6 heteroatoms. The first-order chi connectivity index (χ1) is 12.7. The third kappa shape index (κ3) is 4.21. The Bertz CT molecular complexity index is 851. The number of hydrogen-bond acceptors (Lipinski definition) is 5. The summed E-state index contributed by atoms with van der Waals surface area (Å²) in [6.07, 6.45) is 3.51. The maximum absolute atomic E-state index is 13.0. The maximum Gasteiger partial charge on any atom is 0.264 e. The molecule has 1 amide bonds. The van der Waals surface area contributed by atoms with Crippen molar-refractivity contribution in [2.45, 2.75) is 13.1 Å². The predicted molar refractivity (Wildman–Crippen MR) is 102 cm³/mol. The second kappa shape index (κ2) is 8.49. The number of nitrogens with zero attached hydrogens (tertiary/aromatic N) is 2. The molecule has 0 aliphatic heterocycles. The zero-order chi connectivity index (χ0) is 18.4. The van der Waals surface area contributed by atoms with Gasteiger partial charge in [-0.1, -0.05) is 18.2 Å². The van der Waals surface area contributed by atoms with E-state index in [9.17, 15) is 4.79 Å². The molecule has 0 saturated carbocycles. The highest BCUT2D eigenvalue weighted by molar-refractivity contribution is 7.12. The summed E-state index contributed by atoms with van der Waals surface area (Å²) < 4.78 is 10.7. The fraction of sp³-hybridized carbons (Fsp3) is 0.200. The number of hydrogen-bond donors (Lipinski definition) is 0. The molecule has 0 atom stereocenters. The molecule has 134 valence electrons. The van der Waals surface area contributed by atoms with E-state index in [-0.39, 0.29) is 5.91 Å². The number of methoxy groups -OCH3 is 2. The number of benzene rings is 1. The van der Waals surface area contributed by atoms with Crippen LogP contribution in [0.3, 0.4) is 0 Å². The van der Waals surface area contributed by atoms with Crippen molar-refractivity contribution >= 4 is 17.2 Å². The van der Waals surface area contributed by atoms with Crippen LogP contribution in [0.1, 0.15) is 20.8 Å². The summed E-state index contributed by atoms with van der Waals surface area (Å²) in [7, 11) is 3.21. The summed E-state index contributed by atoms with van der Waals surface area (Å²) in [6, 6.07) is 13.3. The summed E-state index contributed by atoms with van der Waals surface area (Å²) >= 11 is 1.44. The van der Waals surface area contributed by atoms with Gasteiger partial charge in [0.05, 0.1) is 19.1 Å². The van der Waals surface area contributed by atoms with Crippen LogP contribution in [0.4, 0.5) is 0 Å². The van der Waals surface area contributed by atoms with E-state index in [1.54, 1.807) is 26.6 Å². The topological polar surface area (TPSA) is 51.7 Å². The van der Waals surface area contributed by atoms with Crippen LogP contribution in [0.25, 0.3) is 0 Å². The number of pyridine rings is 1. The normalized spacial score (nSPS) is 10.4. The highest BCUT2D eigenvalue weighted by Crippen LogP contribution is 2.28. The molecule has 2 aromatic heterocycles. The van der Waals surface area contributed by atoms with Crippen molar-refractivity contribution in [3.63, 3.8) is 0 Å². The minimum absolute atomic E-state index is 0.00126. The fourth-order valence-corrected chi connectivity index (χ4v) is 3.36. The summed E-state index contributed by atoms with van der Waals surface area (Å²) in [5.74, 6) is 1.31. The largest absolute Gasteiger partial charge is 0.493 e. The second-order valence-electron chi connectivity index (χ2n) is 5.69. The van der Waals surface area contributed by atoms with Gasteiger partial charge in [-0.05, 0) is 40.8 Å². The van der Waals surface area contributed by atoms with Gasteiger partial charge in [-0.3, -0.25) is 9.78 Å². The van der Waals surface area contributed by atoms with Crippen molar-refractivity contribution in [1.82, 2.24) is 9.88 Å². The number of ether oxygens (including phenoxy) is 2. The Balaban J connectivity index is 1.87. The monoisotopic (exact) mass is 368 g/mol. The highest BCUT2D eigenvalue weighted by atomic mass is 32.1. The van der Waals surface area contributed by atoms with E-state index >= 15 is 0 Å². The molecule has 0 fully saturated rings. The van der Waals surface area contributed by atoms with Crippen LogP contribution >= 0.6 is 11.3 Å². The van der Waals surface area contributed by atoms with Gasteiger partial charge in [-0.25, -0.2) is 0 Å². The third-order valence-corrected chi connectivity index (χ3v) is 4.79. The molecule has 0 spiro atoms. The number of aromatic nitrogens is 1. The van der Waals surface area contributed by atoms with Crippen molar-refractivity contribution in [3.05, 3.63) is 76.2 Å². The molecule has 0 N–H and O–H groups in total. The molecule has 0 unspecified atom stereocenters. The Morgan fingerprint density at radius 3 is 2.50 bits per heavy atom. The molecule has 3 aromatic rings. The predicted octanol–water partition coefficient (Wildman–Crippen LogP) is 4.00. The van der Waals surface area contributed by atoms with Gasteiger partial charge in [-0.15, -0.1) is 11.3 Å². The van der Waals surface area contributed by atoms with Gasteiger partial charge in [0.1, 0.15) is 0 Å². The first-order valence-corrected chi connectivity index (χ1v) is 9.02. The van der Waals surface area contributed by atoms with Crippen molar-refractivity contribution in [2.24, 2.45) is 0 Å². The van der Waals surface area contributed by atoms with E-state index in [0.29, 0.717) is 24.6 Å². The van der Waals surface area contributed by atoms with Crippen LogP contribution in [0.2, 0.25) is 0 Å². The van der Waals surface area contributed by atoms with E-state index in [1.165, 1.54) is 11.3 Å². The minimum atomic E-state index is -0.00126. The number of carbonyl (C=O) groups excluding carboxylic acids is 1. The standard InChI is InChI=1S/C20H20N2O3S/c1-24-17-8-7-15(11-18(17)25-2)13-22(14-16-5-3-9-21-12-16)20(23)19-6-4-10-26-19/h3-12H,13-14H2,1-2H3. The molecule has 26 heavy (non-hydrogen) atoms. The van der Waals surface area contributed by atoms with Crippen LogP contribution in [0.5, 0.6) is 11.5 Å². The van der Waals surface area contributed by atoms with Crippen LogP contribution in [0, 0.1) is 0 Å². The van der Waals surface area contributed by atoms with Crippen molar-refractivity contribution in [3.8, 4) is 11.5 Å².